The Morgan fingerprint density at radius 2 is 1.96 bits per heavy atom. The smallest absolute Gasteiger partial charge is 0.339 e. The Kier molecular flexibility index (Phi) is 5.91. The summed E-state index contributed by atoms with van der Waals surface area (Å²) < 4.78 is 36.4. The maximum Gasteiger partial charge on any atom is 0.339 e. The normalized spacial score (nSPS) is 14.0. The summed E-state index contributed by atoms with van der Waals surface area (Å²) in [4.78, 5) is 13.4. The number of halogens is 1. The van der Waals surface area contributed by atoms with Crippen LogP contribution in [0.2, 0.25) is 0 Å². The number of hydrogen-bond donors (Lipinski definition) is 0. The van der Waals surface area contributed by atoms with Crippen molar-refractivity contribution in [3.05, 3.63) is 46.4 Å². The Morgan fingerprint density at radius 1 is 1.25 bits per heavy atom. The van der Waals surface area contributed by atoms with Crippen molar-refractivity contribution < 1.29 is 22.1 Å². The first-order valence-corrected chi connectivity index (χ1v) is 10.8. The van der Waals surface area contributed by atoms with Crippen molar-refractivity contribution in [2.75, 3.05) is 18.1 Å². The van der Waals surface area contributed by atoms with Crippen LogP contribution in [0.15, 0.2) is 45.8 Å². The first-order chi connectivity index (χ1) is 13.4. The van der Waals surface area contributed by atoms with Crippen LogP contribution in [0.5, 0.6) is 11.5 Å². The molecule has 2 aromatic rings. The van der Waals surface area contributed by atoms with Crippen LogP contribution in [0.25, 0.3) is 0 Å². The van der Waals surface area contributed by atoms with Gasteiger partial charge in [-0.2, -0.15) is 13.7 Å². The lowest BCUT2D eigenvalue weighted by Crippen LogP contribution is -2.23. The number of amides is 1. The number of rotatable bonds is 6. The lowest BCUT2D eigenvalue weighted by atomic mass is 10.2. The second-order valence-corrected chi connectivity index (χ2v) is 8.41. The van der Waals surface area contributed by atoms with E-state index in [1.165, 1.54) is 24.3 Å². The van der Waals surface area contributed by atoms with E-state index >= 15 is 0 Å². The molecule has 0 saturated carbocycles. The molecule has 1 heterocycles. The van der Waals surface area contributed by atoms with Crippen LogP contribution >= 0.6 is 15.9 Å². The van der Waals surface area contributed by atoms with E-state index in [2.05, 4.69) is 15.9 Å². The van der Waals surface area contributed by atoms with Crippen molar-refractivity contribution in [2.24, 2.45) is 0 Å². The number of nitrogens with zero attached hydrogens (tertiary/aromatic N) is 2. The van der Waals surface area contributed by atoms with Crippen LogP contribution in [0.3, 0.4) is 0 Å². The molecule has 0 atom stereocenters. The largest absolute Gasteiger partial charge is 0.490 e. The number of carbonyl (C=O) groups is 1. The molecule has 1 aliphatic heterocycles. The fourth-order valence-electron chi connectivity index (χ4n) is 2.85. The fraction of sp³-hybridized carbons (Fsp3) is 0.263. The van der Waals surface area contributed by atoms with Gasteiger partial charge < -0.3 is 13.8 Å². The van der Waals surface area contributed by atoms with E-state index in [0.717, 1.165) is 6.42 Å². The summed E-state index contributed by atoms with van der Waals surface area (Å²) in [6, 6.07) is 10.8. The third-order valence-electron chi connectivity index (χ3n) is 4.14. The SMILES string of the molecule is CCOc1cc(C#N)cc(Br)c1OS(=O)(=O)c1ccc(N2CCCC2=O)cc1. The molecule has 1 amide bonds. The molecule has 146 valence electrons. The third kappa shape index (κ3) is 4.13. The topological polar surface area (TPSA) is 96.7 Å². The van der Waals surface area contributed by atoms with Crippen LogP contribution in [0, 0.1) is 11.3 Å². The molecule has 2 aromatic carbocycles. The first-order valence-electron chi connectivity index (χ1n) is 8.57. The van der Waals surface area contributed by atoms with Crippen molar-refractivity contribution >= 4 is 37.6 Å². The molecule has 7 nitrogen and oxygen atoms in total. The highest BCUT2D eigenvalue weighted by molar-refractivity contribution is 9.10. The van der Waals surface area contributed by atoms with Gasteiger partial charge in [-0.1, -0.05) is 0 Å². The van der Waals surface area contributed by atoms with Crippen molar-refractivity contribution in [3.8, 4) is 17.6 Å². The zero-order valence-corrected chi connectivity index (χ0v) is 17.4. The molecule has 0 aromatic heterocycles. The second-order valence-electron chi connectivity index (χ2n) is 6.01. The number of nitriles is 1. The molecule has 1 fully saturated rings. The Hall–Kier alpha value is -2.57. The van der Waals surface area contributed by atoms with Gasteiger partial charge in [0, 0.05) is 24.7 Å². The maximum absolute atomic E-state index is 12.7. The predicted octanol–water partition coefficient (Wildman–Crippen LogP) is 3.61. The number of ether oxygens (including phenoxy) is 1. The Labute approximate surface area is 171 Å². The van der Waals surface area contributed by atoms with E-state index in [1.807, 2.05) is 6.07 Å². The van der Waals surface area contributed by atoms with Gasteiger partial charge in [-0.25, -0.2) is 0 Å². The summed E-state index contributed by atoms with van der Waals surface area (Å²) in [5, 5.41) is 9.08. The predicted molar refractivity (Wildman–Crippen MR) is 106 cm³/mol. The summed E-state index contributed by atoms with van der Waals surface area (Å²) in [6.45, 7) is 2.64. The van der Waals surface area contributed by atoms with E-state index in [0.29, 0.717) is 24.2 Å². The highest BCUT2D eigenvalue weighted by Gasteiger charge is 2.25. The standard InChI is InChI=1S/C19H17BrN2O5S/c1-2-26-17-11-13(12-21)10-16(20)19(17)27-28(24,25)15-7-5-14(6-8-15)22-9-3-4-18(22)23/h5-8,10-11H,2-4,9H2,1H3. The summed E-state index contributed by atoms with van der Waals surface area (Å²) in [5.41, 5.74) is 0.954. The molecule has 28 heavy (non-hydrogen) atoms. The monoisotopic (exact) mass is 464 g/mol. The second kappa shape index (κ2) is 8.20. The minimum absolute atomic E-state index is 0.0229. The molecule has 9 heteroatoms. The van der Waals surface area contributed by atoms with Crippen LogP contribution < -0.4 is 13.8 Å². The van der Waals surface area contributed by atoms with E-state index in [4.69, 9.17) is 14.2 Å². The molecule has 0 N–H and O–H groups in total. The molecule has 0 unspecified atom stereocenters. The maximum atomic E-state index is 12.7. The van der Waals surface area contributed by atoms with E-state index in [9.17, 15) is 13.2 Å². The van der Waals surface area contributed by atoms with E-state index < -0.39 is 10.1 Å². The van der Waals surface area contributed by atoms with E-state index in [-0.39, 0.29) is 33.4 Å². The Morgan fingerprint density at radius 3 is 2.54 bits per heavy atom. The van der Waals surface area contributed by atoms with Gasteiger partial charge in [0.2, 0.25) is 5.91 Å². The van der Waals surface area contributed by atoms with Crippen molar-refractivity contribution in [1.82, 2.24) is 0 Å². The van der Waals surface area contributed by atoms with E-state index in [1.54, 1.807) is 24.0 Å². The zero-order chi connectivity index (χ0) is 20.3. The highest BCUT2D eigenvalue weighted by atomic mass is 79.9. The molecule has 1 saturated heterocycles. The molecule has 0 bridgehead atoms. The van der Waals surface area contributed by atoms with Gasteiger partial charge in [0.1, 0.15) is 4.90 Å². The van der Waals surface area contributed by atoms with Crippen LogP contribution in [0.4, 0.5) is 5.69 Å². The molecular weight excluding hydrogens is 448 g/mol. The number of hydrogen-bond acceptors (Lipinski definition) is 6. The van der Waals surface area contributed by atoms with Crippen LogP contribution in [-0.2, 0) is 14.9 Å². The number of anilines is 1. The summed E-state index contributed by atoms with van der Waals surface area (Å²) >= 11 is 3.23. The first kappa shape index (κ1) is 20.2. The van der Waals surface area contributed by atoms with Gasteiger partial charge >= 0.3 is 10.1 Å². The quantitative estimate of drug-likeness (QED) is 0.605. The molecule has 0 radical (unpaired) electrons. The summed E-state index contributed by atoms with van der Waals surface area (Å²) in [7, 11) is -4.15. The van der Waals surface area contributed by atoms with Crippen molar-refractivity contribution in [3.63, 3.8) is 0 Å². The van der Waals surface area contributed by atoms with Gasteiger partial charge in [-0.3, -0.25) is 4.79 Å². The molecule has 3 rings (SSSR count). The third-order valence-corrected chi connectivity index (χ3v) is 5.97. The lowest BCUT2D eigenvalue weighted by molar-refractivity contribution is -0.117. The molecule has 1 aliphatic rings. The van der Waals surface area contributed by atoms with Gasteiger partial charge in [-0.15, -0.1) is 0 Å². The van der Waals surface area contributed by atoms with Crippen molar-refractivity contribution in [2.45, 2.75) is 24.7 Å². The van der Waals surface area contributed by atoms with Crippen LogP contribution in [-0.4, -0.2) is 27.5 Å². The Balaban J connectivity index is 1.90. The Bertz CT molecular complexity index is 1050. The number of carbonyl (C=O) groups excluding carboxylic acids is 1. The summed E-state index contributed by atoms with van der Waals surface area (Å²) in [6.07, 6.45) is 1.28. The average Bonchev–Trinajstić information content (AvgIpc) is 3.10. The van der Waals surface area contributed by atoms with Crippen LogP contribution in [0.1, 0.15) is 25.3 Å². The number of benzene rings is 2. The molecular formula is C19H17BrN2O5S. The zero-order valence-electron chi connectivity index (χ0n) is 15.0. The fourth-order valence-corrected chi connectivity index (χ4v) is 4.44. The minimum atomic E-state index is -4.15. The highest BCUT2D eigenvalue weighted by Crippen LogP contribution is 2.38. The van der Waals surface area contributed by atoms with Gasteiger partial charge in [0.05, 0.1) is 22.7 Å². The van der Waals surface area contributed by atoms with Gasteiger partial charge in [-0.05, 0) is 59.6 Å². The summed E-state index contributed by atoms with van der Waals surface area (Å²) in [5.74, 6) is 0.144. The molecule has 0 spiro atoms. The molecule has 0 aliphatic carbocycles. The average molecular weight is 465 g/mol. The van der Waals surface area contributed by atoms with Crippen molar-refractivity contribution in [1.29, 1.82) is 5.26 Å². The van der Waals surface area contributed by atoms with Gasteiger partial charge in [0.15, 0.2) is 11.5 Å². The lowest BCUT2D eigenvalue weighted by Gasteiger charge is -2.16. The minimum Gasteiger partial charge on any atom is -0.490 e. The van der Waals surface area contributed by atoms with Gasteiger partial charge in [0.25, 0.3) is 0 Å².